The zero-order chi connectivity index (χ0) is 12.4. The van der Waals surface area contributed by atoms with E-state index in [0.717, 1.165) is 13.1 Å². The summed E-state index contributed by atoms with van der Waals surface area (Å²) in [6.07, 6.45) is 2.06. The van der Waals surface area contributed by atoms with Gasteiger partial charge in [-0.15, -0.1) is 6.58 Å². The van der Waals surface area contributed by atoms with E-state index in [0.29, 0.717) is 5.92 Å². The summed E-state index contributed by atoms with van der Waals surface area (Å²) < 4.78 is 0. The van der Waals surface area contributed by atoms with Crippen LogP contribution in [0.25, 0.3) is 0 Å². The molecule has 18 heavy (non-hydrogen) atoms. The van der Waals surface area contributed by atoms with E-state index in [-0.39, 0.29) is 0 Å². The average Bonchev–Trinajstić information content (AvgIpc) is 2.78. The molecule has 0 amide bonds. The first-order valence-electron chi connectivity index (χ1n) is 6.39. The second-order valence-corrected chi connectivity index (χ2v) is 4.77. The molecule has 1 unspecified atom stereocenters. The van der Waals surface area contributed by atoms with E-state index in [9.17, 15) is 0 Å². The van der Waals surface area contributed by atoms with E-state index in [1.807, 2.05) is 0 Å². The SMILES string of the molecule is C=CC1CN(Cc2ccccc2)c2ccccc21. The smallest absolute Gasteiger partial charge is 0.0429 e. The molecular formula is C17H17N. The zero-order valence-electron chi connectivity index (χ0n) is 10.4. The first-order chi connectivity index (χ1) is 8.88. The number of nitrogens with zero attached hydrogens (tertiary/aromatic N) is 1. The molecule has 90 valence electrons. The predicted molar refractivity (Wildman–Crippen MR) is 76.9 cm³/mol. The van der Waals surface area contributed by atoms with Crippen molar-refractivity contribution in [2.45, 2.75) is 12.5 Å². The second-order valence-electron chi connectivity index (χ2n) is 4.77. The van der Waals surface area contributed by atoms with Gasteiger partial charge >= 0.3 is 0 Å². The maximum atomic E-state index is 3.96. The number of rotatable bonds is 3. The van der Waals surface area contributed by atoms with Crippen molar-refractivity contribution in [1.29, 1.82) is 0 Å². The first kappa shape index (κ1) is 11.1. The molecule has 0 saturated heterocycles. The third-order valence-electron chi connectivity index (χ3n) is 3.59. The molecule has 0 N–H and O–H groups in total. The van der Waals surface area contributed by atoms with E-state index >= 15 is 0 Å². The van der Waals surface area contributed by atoms with Crippen LogP contribution in [0.3, 0.4) is 0 Å². The number of para-hydroxylation sites is 1. The lowest BCUT2D eigenvalue weighted by Crippen LogP contribution is -2.20. The maximum absolute atomic E-state index is 3.96. The van der Waals surface area contributed by atoms with Gasteiger partial charge in [0, 0.05) is 24.7 Å². The van der Waals surface area contributed by atoms with Crippen molar-refractivity contribution in [2.75, 3.05) is 11.4 Å². The van der Waals surface area contributed by atoms with Gasteiger partial charge in [0.2, 0.25) is 0 Å². The van der Waals surface area contributed by atoms with Crippen molar-refractivity contribution in [3.8, 4) is 0 Å². The molecule has 1 aliphatic heterocycles. The van der Waals surface area contributed by atoms with E-state index in [4.69, 9.17) is 0 Å². The molecule has 0 fully saturated rings. The normalized spacial score (nSPS) is 17.6. The van der Waals surface area contributed by atoms with Gasteiger partial charge < -0.3 is 4.90 Å². The molecule has 2 aromatic carbocycles. The molecule has 1 nitrogen and oxygen atoms in total. The summed E-state index contributed by atoms with van der Waals surface area (Å²) in [4.78, 5) is 2.44. The fourth-order valence-corrected chi connectivity index (χ4v) is 2.68. The highest BCUT2D eigenvalue weighted by Gasteiger charge is 2.25. The van der Waals surface area contributed by atoms with Gasteiger partial charge in [-0.05, 0) is 17.2 Å². The summed E-state index contributed by atoms with van der Waals surface area (Å²) >= 11 is 0. The number of anilines is 1. The molecule has 1 heterocycles. The molecule has 0 radical (unpaired) electrons. The average molecular weight is 235 g/mol. The molecule has 3 rings (SSSR count). The van der Waals surface area contributed by atoms with Crippen LogP contribution in [0, 0.1) is 0 Å². The van der Waals surface area contributed by atoms with E-state index in [1.54, 1.807) is 0 Å². The Balaban J connectivity index is 1.89. The zero-order valence-corrected chi connectivity index (χ0v) is 10.4. The summed E-state index contributed by atoms with van der Waals surface area (Å²) in [5.74, 6) is 0.463. The molecule has 0 saturated carbocycles. The number of fused-ring (bicyclic) bond motifs is 1. The van der Waals surface area contributed by atoms with Crippen molar-refractivity contribution in [3.05, 3.63) is 78.4 Å². The Morgan fingerprint density at radius 2 is 1.78 bits per heavy atom. The number of benzene rings is 2. The summed E-state index contributed by atoms with van der Waals surface area (Å²) in [5.41, 5.74) is 4.12. The fourth-order valence-electron chi connectivity index (χ4n) is 2.68. The molecular weight excluding hydrogens is 218 g/mol. The Hall–Kier alpha value is -2.02. The van der Waals surface area contributed by atoms with E-state index < -0.39 is 0 Å². The van der Waals surface area contributed by atoms with Crippen LogP contribution in [0.4, 0.5) is 5.69 Å². The highest BCUT2D eigenvalue weighted by molar-refractivity contribution is 5.61. The van der Waals surface area contributed by atoms with Gasteiger partial charge in [0.05, 0.1) is 0 Å². The van der Waals surface area contributed by atoms with Gasteiger partial charge in [0.1, 0.15) is 0 Å². The van der Waals surface area contributed by atoms with Gasteiger partial charge in [-0.25, -0.2) is 0 Å². The van der Waals surface area contributed by atoms with E-state index in [2.05, 4.69) is 72.2 Å². The fraction of sp³-hybridized carbons (Fsp3) is 0.176. The Labute approximate surface area is 108 Å². The van der Waals surface area contributed by atoms with Crippen molar-refractivity contribution in [3.63, 3.8) is 0 Å². The van der Waals surface area contributed by atoms with Crippen LogP contribution in [0.1, 0.15) is 17.0 Å². The highest BCUT2D eigenvalue weighted by Crippen LogP contribution is 2.37. The van der Waals surface area contributed by atoms with Gasteiger partial charge in [0.25, 0.3) is 0 Å². The highest BCUT2D eigenvalue weighted by atomic mass is 15.2. The third-order valence-corrected chi connectivity index (χ3v) is 3.59. The Bertz CT molecular complexity index is 545. The van der Waals surface area contributed by atoms with Crippen molar-refractivity contribution in [2.24, 2.45) is 0 Å². The summed E-state index contributed by atoms with van der Waals surface area (Å²) in [6, 6.07) is 19.3. The van der Waals surface area contributed by atoms with E-state index in [1.165, 1.54) is 16.8 Å². The molecule has 2 aromatic rings. The van der Waals surface area contributed by atoms with Crippen LogP contribution >= 0.6 is 0 Å². The van der Waals surface area contributed by atoms with Crippen molar-refractivity contribution in [1.82, 2.24) is 0 Å². The first-order valence-corrected chi connectivity index (χ1v) is 6.39. The lowest BCUT2D eigenvalue weighted by Gasteiger charge is -2.19. The van der Waals surface area contributed by atoms with Gasteiger partial charge in [-0.1, -0.05) is 54.6 Å². The monoisotopic (exact) mass is 235 g/mol. The Morgan fingerprint density at radius 3 is 2.56 bits per heavy atom. The van der Waals surface area contributed by atoms with Crippen LogP contribution in [0.5, 0.6) is 0 Å². The molecule has 0 aromatic heterocycles. The topological polar surface area (TPSA) is 3.24 Å². The largest absolute Gasteiger partial charge is 0.366 e. The van der Waals surface area contributed by atoms with Crippen LogP contribution < -0.4 is 4.90 Å². The van der Waals surface area contributed by atoms with Crippen LogP contribution in [-0.2, 0) is 6.54 Å². The molecule has 1 aliphatic rings. The molecule has 1 atom stereocenters. The molecule has 0 bridgehead atoms. The lowest BCUT2D eigenvalue weighted by atomic mass is 10.0. The Kier molecular flexibility index (Phi) is 2.89. The number of hydrogen-bond acceptors (Lipinski definition) is 1. The maximum Gasteiger partial charge on any atom is 0.0429 e. The molecule has 0 spiro atoms. The minimum Gasteiger partial charge on any atom is -0.366 e. The van der Waals surface area contributed by atoms with Crippen molar-refractivity contribution < 1.29 is 0 Å². The lowest BCUT2D eigenvalue weighted by molar-refractivity contribution is 0.790. The minimum atomic E-state index is 0.463. The van der Waals surface area contributed by atoms with Gasteiger partial charge in [0.15, 0.2) is 0 Å². The summed E-state index contributed by atoms with van der Waals surface area (Å²) in [6.45, 7) is 5.97. The van der Waals surface area contributed by atoms with Gasteiger partial charge in [-0.2, -0.15) is 0 Å². The molecule has 0 aliphatic carbocycles. The Morgan fingerprint density at radius 1 is 1.06 bits per heavy atom. The van der Waals surface area contributed by atoms with Crippen molar-refractivity contribution >= 4 is 5.69 Å². The molecule has 1 heteroatoms. The number of hydrogen-bond donors (Lipinski definition) is 0. The van der Waals surface area contributed by atoms with Crippen LogP contribution in [0.2, 0.25) is 0 Å². The minimum absolute atomic E-state index is 0.463. The predicted octanol–water partition coefficient (Wildman–Crippen LogP) is 3.98. The van der Waals surface area contributed by atoms with Crippen LogP contribution in [-0.4, -0.2) is 6.54 Å². The van der Waals surface area contributed by atoms with Gasteiger partial charge in [-0.3, -0.25) is 0 Å². The summed E-state index contributed by atoms with van der Waals surface area (Å²) in [7, 11) is 0. The summed E-state index contributed by atoms with van der Waals surface area (Å²) in [5, 5.41) is 0. The standard InChI is InChI=1S/C17H17N/c1-2-15-13-18(12-14-8-4-3-5-9-14)17-11-7-6-10-16(15)17/h2-11,15H,1,12-13H2. The van der Waals surface area contributed by atoms with Crippen LogP contribution in [0.15, 0.2) is 67.3 Å². The third kappa shape index (κ3) is 1.92. The quantitative estimate of drug-likeness (QED) is 0.727. The second kappa shape index (κ2) is 4.69.